The van der Waals surface area contributed by atoms with E-state index in [1.165, 1.54) is 6.92 Å². The van der Waals surface area contributed by atoms with Crippen LogP contribution < -0.4 is 0 Å². The summed E-state index contributed by atoms with van der Waals surface area (Å²) in [6.07, 6.45) is -1.03. The molecular formula is C17H16O4. The van der Waals surface area contributed by atoms with Crippen LogP contribution in [0.25, 0.3) is 0 Å². The van der Waals surface area contributed by atoms with Crippen LogP contribution in [-0.4, -0.2) is 11.9 Å². The Balaban J connectivity index is 2.06. The molecule has 4 nitrogen and oxygen atoms in total. The first-order chi connectivity index (χ1) is 10.2. The SMILES string of the molecule is CC(=O)OC(C(=O)OCc1ccccc1)c1ccccc1. The smallest absolute Gasteiger partial charge is 0.352 e. The van der Waals surface area contributed by atoms with E-state index in [4.69, 9.17) is 9.47 Å². The van der Waals surface area contributed by atoms with Crippen molar-refractivity contribution in [2.45, 2.75) is 19.6 Å². The molecule has 0 aromatic heterocycles. The normalized spacial score (nSPS) is 11.5. The van der Waals surface area contributed by atoms with Gasteiger partial charge in [0.2, 0.25) is 6.10 Å². The third-order valence-corrected chi connectivity index (χ3v) is 2.82. The molecule has 0 aliphatic carbocycles. The van der Waals surface area contributed by atoms with Gasteiger partial charge in [0.15, 0.2) is 0 Å². The fourth-order valence-electron chi connectivity index (χ4n) is 1.85. The Morgan fingerprint density at radius 3 is 2.10 bits per heavy atom. The number of hydrogen-bond donors (Lipinski definition) is 0. The molecule has 0 radical (unpaired) electrons. The van der Waals surface area contributed by atoms with E-state index in [9.17, 15) is 9.59 Å². The lowest BCUT2D eigenvalue weighted by atomic mass is 10.1. The Labute approximate surface area is 123 Å². The number of esters is 2. The molecule has 1 unspecified atom stereocenters. The summed E-state index contributed by atoms with van der Waals surface area (Å²) < 4.78 is 10.3. The predicted molar refractivity (Wildman–Crippen MR) is 77.2 cm³/mol. The molecule has 0 saturated heterocycles. The fraction of sp³-hybridized carbons (Fsp3) is 0.176. The number of benzene rings is 2. The minimum absolute atomic E-state index is 0.143. The summed E-state index contributed by atoms with van der Waals surface area (Å²) in [5.41, 5.74) is 1.46. The molecule has 4 heteroatoms. The highest BCUT2D eigenvalue weighted by Crippen LogP contribution is 2.19. The Morgan fingerprint density at radius 2 is 1.52 bits per heavy atom. The van der Waals surface area contributed by atoms with Gasteiger partial charge in [0, 0.05) is 12.5 Å². The van der Waals surface area contributed by atoms with Crippen molar-refractivity contribution in [1.29, 1.82) is 0 Å². The first kappa shape index (κ1) is 14.8. The van der Waals surface area contributed by atoms with Gasteiger partial charge in [-0.15, -0.1) is 0 Å². The lowest BCUT2D eigenvalue weighted by Crippen LogP contribution is -2.21. The van der Waals surface area contributed by atoms with E-state index in [0.29, 0.717) is 5.56 Å². The second kappa shape index (κ2) is 7.24. The Hall–Kier alpha value is -2.62. The van der Waals surface area contributed by atoms with E-state index in [1.54, 1.807) is 24.3 Å². The Bertz CT molecular complexity index is 593. The summed E-state index contributed by atoms with van der Waals surface area (Å²) >= 11 is 0. The van der Waals surface area contributed by atoms with Crippen molar-refractivity contribution in [2.24, 2.45) is 0 Å². The second-order valence-electron chi connectivity index (χ2n) is 4.49. The van der Waals surface area contributed by atoms with Gasteiger partial charge in [-0.05, 0) is 5.56 Å². The standard InChI is InChI=1S/C17H16O4/c1-13(18)21-16(15-10-6-3-7-11-15)17(19)20-12-14-8-4-2-5-9-14/h2-11,16H,12H2,1H3. The first-order valence-electron chi connectivity index (χ1n) is 6.59. The lowest BCUT2D eigenvalue weighted by Gasteiger charge is -2.16. The fourth-order valence-corrected chi connectivity index (χ4v) is 1.85. The number of carbonyl (C=O) groups is 2. The van der Waals surface area contributed by atoms with E-state index in [0.717, 1.165) is 5.56 Å². The van der Waals surface area contributed by atoms with Crippen LogP contribution in [0.3, 0.4) is 0 Å². The van der Waals surface area contributed by atoms with Crippen LogP contribution in [0.1, 0.15) is 24.2 Å². The summed E-state index contributed by atoms with van der Waals surface area (Å²) in [4.78, 5) is 23.3. The van der Waals surface area contributed by atoms with Gasteiger partial charge in [0.1, 0.15) is 6.61 Å². The molecule has 0 saturated carbocycles. The zero-order valence-corrected chi connectivity index (χ0v) is 11.7. The Kier molecular flexibility index (Phi) is 5.10. The molecule has 0 heterocycles. The third kappa shape index (κ3) is 4.45. The van der Waals surface area contributed by atoms with E-state index >= 15 is 0 Å². The molecule has 2 aromatic rings. The second-order valence-corrected chi connectivity index (χ2v) is 4.49. The average molecular weight is 284 g/mol. The van der Waals surface area contributed by atoms with Gasteiger partial charge in [-0.25, -0.2) is 4.79 Å². The summed E-state index contributed by atoms with van der Waals surface area (Å²) in [7, 11) is 0. The summed E-state index contributed by atoms with van der Waals surface area (Å²) in [6, 6.07) is 18.1. The quantitative estimate of drug-likeness (QED) is 0.792. The molecule has 2 aromatic carbocycles. The largest absolute Gasteiger partial charge is 0.458 e. The monoisotopic (exact) mass is 284 g/mol. The predicted octanol–water partition coefficient (Wildman–Crippen LogP) is 3.03. The van der Waals surface area contributed by atoms with Crippen molar-refractivity contribution >= 4 is 11.9 Å². The molecule has 0 fully saturated rings. The highest BCUT2D eigenvalue weighted by Gasteiger charge is 2.25. The van der Waals surface area contributed by atoms with E-state index in [1.807, 2.05) is 36.4 Å². The van der Waals surface area contributed by atoms with Crippen molar-refractivity contribution in [3.05, 3.63) is 71.8 Å². The number of hydrogen-bond acceptors (Lipinski definition) is 4. The maximum atomic E-state index is 12.2. The maximum Gasteiger partial charge on any atom is 0.352 e. The van der Waals surface area contributed by atoms with E-state index < -0.39 is 18.0 Å². The van der Waals surface area contributed by atoms with Crippen LogP contribution in [-0.2, 0) is 25.7 Å². The van der Waals surface area contributed by atoms with Crippen molar-refractivity contribution in [2.75, 3.05) is 0 Å². The minimum atomic E-state index is -1.03. The lowest BCUT2D eigenvalue weighted by molar-refractivity contribution is -0.168. The van der Waals surface area contributed by atoms with Gasteiger partial charge < -0.3 is 9.47 Å². The molecule has 1 atom stereocenters. The molecule has 0 aliphatic heterocycles. The van der Waals surface area contributed by atoms with Gasteiger partial charge in [0.05, 0.1) is 0 Å². The van der Waals surface area contributed by atoms with E-state index in [-0.39, 0.29) is 6.61 Å². The molecule has 0 aliphatic rings. The van der Waals surface area contributed by atoms with Crippen molar-refractivity contribution < 1.29 is 19.1 Å². The van der Waals surface area contributed by atoms with Gasteiger partial charge in [-0.2, -0.15) is 0 Å². The van der Waals surface area contributed by atoms with Crippen LogP contribution in [0, 0.1) is 0 Å². The third-order valence-electron chi connectivity index (χ3n) is 2.82. The Morgan fingerprint density at radius 1 is 0.952 bits per heavy atom. The number of rotatable bonds is 5. The minimum Gasteiger partial charge on any atom is -0.458 e. The molecule has 21 heavy (non-hydrogen) atoms. The molecule has 0 N–H and O–H groups in total. The summed E-state index contributed by atoms with van der Waals surface area (Å²) in [5.74, 6) is -1.11. The van der Waals surface area contributed by atoms with Gasteiger partial charge in [0.25, 0.3) is 0 Å². The highest BCUT2D eigenvalue weighted by molar-refractivity contribution is 5.80. The van der Waals surface area contributed by atoms with E-state index in [2.05, 4.69) is 0 Å². The zero-order chi connectivity index (χ0) is 15.1. The molecule has 2 rings (SSSR count). The van der Waals surface area contributed by atoms with Gasteiger partial charge in [-0.3, -0.25) is 4.79 Å². The van der Waals surface area contributed by atoms with Crippen LogP contribution in [0.4, 0.5) is 0 Å². The maximum absolute atomic E-state index is 12.2. The molecule has 0 bridgehead atoms. The topological polar surface area (TPSA) is 52.6 Å². The summed E-state index contributed by atoms with van der Waals surface area (Å²) in [5, 5.41) is 0. The summed E-state index contributed by atoms with van der Waals surface area (Å²) in [6.45, 7) is 1.41. The molecule has 108 valence electrons. The average Bonchev–Trinajstić information content (AvgIpc) is 2.52. The van der Waals surface area contributed by atoms with Gasteiger partial charge >= 0.3 is 11.9 Å². The van der Waals surface area contributed by atoms with Gasteiger partial charge in [-0.1, -0.05) is 60.7 Å². The number of carbonyl (C=O) groups excluding carboxylic acids is 2. The van der Waals surface area contributed by atoms with Crippen molar-refractivity contribution in [3.8, 4) is 0 Å². The van der Waals surface area contributed by atoms with Crippen LogP contribution in [0.5, 0.6) is 0 Å². The number of ether oxygens (including phenoxy) is 2. The molecular weight excluding hydrogens is 268 g/mol. The zero-order valence-electron chi connectivity index (χ0n) is 11.7. The van der Waals surface area contributed by atoms with Crippen LogP contribution >= 0.6 is 0 Å². The first-order valence-corrected chi connectivity index (χ1v) is 6.59. The van der Waals surface area contributed by atoms with Crippen molar-refractivity contribution in [3.63, 3.8) is 0 Å². The van der Waals surface area contributed by atoms with Crippen LogP contribution in [0.15, 0.2) is 60.7 Å². The highest BCUT2D eigenvalue weighted by atomic mass is 16.6. The van der Waals surface area contributed by atoms with Crippen molar-refractivity contribution in [1.82, 2.24) is 0 Å². The molecule has 0 amide bonds. The molecule has 0 spiro atoms. The van der Waals surface area contributed by atoms with Crippen LogP contribution in [0.2, 0.25) is 0 Å².